The van der Waals surface area contributed by atoms with E-state index in [1.165, 1.54) is 0 Å². The van der Waals surface area contributed by atoms with E-state index in [-0.39, 0.29) is 0 Å². The molecule has 0 radical (unpaired) electrons. The SMILES string of the molecule is CCOc1ccc(Br)cc1C1OC2(c3ccc(OC)cc3)OC(=N)C(C#N)(C2C)C1(C#N)C#N. The molecule has 0 spiro atoms. The molecule has 1 N–H and O–H groups in total. The van der Waals surface area contributed by atoms with Gasteiger partial charge < -0.3 is 18.9 Å². The number of hydrogen-bond acceptors (Lipinski definition) is 8. The summed E-state index contributed by atoms with van der Waals surface area (Å²) in [4.78, 5) is 0. The van der Waals surface area contributed by atoms with Gasteiger partial charge in [0.05, 0.1) is 37.8 Å². The first-order valence-corrected chi connectivity index (χ1v) is 11.4. The summed E-state index contributed by atoms with van der Waals surface area (Å²) in [7, 11) is 1.54. The van der Waals surface area contributed by atoms with Gasteiger partial charge in [-0.2, -0.15) is 15.8 Å². The lowest BCUT2D eigenvalue weighted by atomic mass is 9.53. The number of ether oxygens (including phenoxy) is 4. The highest BCUT2D eigenvalue weighted by molar-refractivity contribution is 9.10. The lowest BCUT2D eigenvalue weighted by molar-refractivity contribution is -0.288. The third-order valence-electron chi connectivity index (χ3n) is 6.72. The summed E-state index contributed by atoms with van der Waals surface area (Å²) in [6.07, 6.45) is -1.26. The molecule has 34 heavy (non-hydrogen) atoms. The van der Waals surface area contributed by atoms with Gasteiger partial charge in [-0.05, 0) is 49.4 Å². The number of fused-ring (bicyclic) bond motifs is 2. The second-order valence-electron chi connectivity index (χ2n) is 8.11. The Kier molecular flexibility index (Phi) is 5.77. The van der Waals surface area contributed by atoms with Gasteiger partial charge in [-0.25, -0.2) is 0 Å². The molecule has 0 saturated carbocycles. The molecule has 4 atom stereocenters. The Morgan fingerprint density at radius 1 is 1.09 bits per heavy atom. The quantitative estimate of drug-likeness (QED) is 0.588. The zero-order valence-corrected chi connectivity index (χ0v) is 20.3. The molecule has 2 aromatic rings. The fourth-order valence-electron chi connectivity index (χ4n) is 4.98. The van der Waals surface area contributed by atoms with Crippen molar-refractivity contribution in [1.29, 1.82) is 21.2 Å². The van der Waals surface area contributed by atoms with Crippen LogP contribution >= 0.6 is 15.9 Å². The largest absolute Gasteiger partial charge is 0.497 e. The molecule has 2 aromatic carbocycles. The number of nitriles is 3. The Morgan fingerprint density at radius 2 is 1.76 bits per heavy atom. The number of rotatable bonds is 5. The van der Waals surface area contributed by atoms with Crippen LogP contribution in [0.2, 0.25) is 0 Å². The fraction of sp³-hybridized carbons (Fsp3) is 0.360. The van der Waals surface area contributed by atoms with Gasteiger partial charge in [0.25, 0.3) is 0 Å². The molecule has 9 heteroatoms. The van der Waals surface area contributed by atoms with Gasteiger partial charge in [0, 0.05) is 15.6 Å². The van der Waals surface area contributed by atoms with Crippen LogP contribution in [0, 0.1) is 56.2 Å². The predicted molar refractivity (Wildman–Crippen MR) is 123 cm³/mol. The molecule has 8 nitrogen and oxygen atoms in total. The number of hydrogen-bond donors (Lipinski definition) is 1. The smallest absolute Gasteiger partial charge is 0.244 e. The van der Waals surface area contributed by atoms with Crippen LogP contribution in [0.15, 0.2) is 46.9 Å². The van der Waals surface area contributed by atoms with Gasteiger partial charge in [0.1, 0.15) is 17.6 Å². The monoisotopic (exact) mass is 520 g/mol. The lowest BCUT2D eigenvalue weighted by Gasteiger charge is -2.49. The number of halogens is 1. The number of nitrogens with zero attached hydrogens (tertiary/aromatic N) is 3. The van der Waals surface area contributed by atoms with Crippen molar-refractivity contribution < 1.29 is 18.9 Å². The van der Waals surface area contributed by atoms with E-state index in [1.54, 1.807) is 56.5 Å². The van der Waals surface area contributed by atoms with E-state index in [9.17, 15) is 15.8 Å². The predicted octanol–water partition coefficient (Wildman–Crippen LogP) is 4.97. The molecule has 2 aliphatic heterocycles. The summed E-state index contributed by atoms with van der Waals surface area (Å²) in [6.45, 7) is 3.82. The number of nitrogens with one attached hydrogen (secondary N) is 1. The molecular weight excluding hydrogens is 500 g/mol. The van der Waals surface area contributed by atoms with Crippen molar-refractivity contribution in [2.75, 3.05) is 13.7 Å². The van der Waals surface area contributed by atoms with Gasteiger partial charge in [-0.3, -0.25) is 5.41 Å². The molecule has 0 amide bonds. The molecule has 0 aliphatic carbocycles. The van der Waals surface area contributed by atoms with Crippen LogP contribution in [0.25, 0.3) is 0 Å². The fourth-order valence-corrected chi connectivity index (χ4v) is 5.36. The Bertz CT molecular complexity index is 1260. The highest BCUT2D eigenvalue weighted by Crippen LogP contribution is 2.69. The normalized spacial score (nSPS) is 28.7. The maximum atomic E-state index is 10.5. The summed E-state index contributed by atoms with van der Waals surface area (Å²) in [6, 6.07) is 18.3. The highest BCUT2D eigenvalue weighted by atomic mass is 79.9. The molecule has 2 bridgehead atoms. The van der Waals surface area contributed by atoms with Gasteiger partial charge in [-0.1, -0.05) is 22.9 Å². The molecule has 172 valence electrons. The first-order chi connectivity index (χ1) is 16.3. The first kappa shape index (κ1) is 23.6. The van der Waals surface area contributed by atoms with E-state index in [1.807, 2.05) is 6.92 Å². The van der Waals surface area contributed by atoms with Crippen molar-refractivity contribution in [3.63, 3.8) is 0 Å². The van der Waals surface area contributed by atoms with Gasteiger partial charge >= 0.3 is 0 Å². The lowest BCUT2D eigenvalue weighted by Crippen LogP contribution is -2.57. The van der Waals surface area contributed by atoms with E-state index in [2.05, 4.69) is 34.1 Å². The topological polar surface area (TPSA) is 132 Å². The van der Waals surface area contributed by atoms with E-state index < -0.39 is 34.5 Å². The van der Waals surface area contributed by atoms with E-state index >= 15 is 0 Å². The van der Waals surface area contributed by atoms with Crippen LogP contribution in [-0.2, 0) is 15.3 Å². The van der Waals surface area contributed by atoms with Crippen molar-refractivity contribution in [1.82, 2.24) is 0 Å². The van der Waals surface area contributed by atoms with Crippen molar-refractivity contribution in [2.45, 2.75) is 25.7 Å². The standard InChI is InChI=1S/C25H21BrN4O4/c1-4-32-20-10-7-17(26)11-19(20)21-23(12-27,13-28)24(14-29)15(2)25(33-21,34-22(24)30)16-5-8-18(31-3)9-6-16/h5-11,15,21,30H,4H2,1-3H3. The molecule has 2 heterocycles. The van der Waals surface area contributed by atoms with Gasteiger partial charge in [0.15, 0.2) is 5.41 Å². The van der Waals surface area contributed by atoms with Crippen molar-refractivity contribution in [3.05, 3.63) is 58.1 Å². The molecule has 4 unspecified atom stereocenters. The maximum absolute atomic E-state index is 10.5. The summed E-state index contributed by atoms with van der Waals surface area (Å²) in [5.74, 6) is -1.91. The average molecular weight is 521 g/mol. The Balaban J connectivity index is 2.04. The van der Waals surface area contributed by atoms with Crippen LogP contribution < -0.4 is 9.47 Å². The van der Waals surface area contributed by atoms with Gasteiger partial charge in [-0.15, -0.1) is 0 Å². The maximum Gasteiger partial charge on any atom is 0.244 e. The molecule has 2 fully saturated rings. The van der Waals surface area contributed by atoms with E-state index in [0.717, 1.165) is 0 Å². The van der Waals surface area contributed by atoms with Crippen molar-refractivity contribution in [3.8, 4) is 29.7 Å². The third kappa shape index (κ3) is 2.86. The van der Waals surface area contributed by atoms with Crippen LogP contribution in [-0.4, -0.2) is 19.6 Å². The third-order valence-corrected chi connectivity index (χ3v) is 7.21. The summed E-state index contributed by atoms with van der Waals surface area (Å²) < 4.78 is 24.3. The second-order valence-corrected chi connectivity index (χ2v) is 9.03. The first-order valence-electron chi connectivity index (χ1n) is 10.6. The van der Waals surface area contributed by atoms with Crippen LogP contribution in [0.5, 0.6) is 11.5 Å². The minimum atomic E-state index is -2.09. The zero-order valence-electron chi connectivity index (χ0n) is 18.8. The summed E-state index contributed by atoms with van der Waals surface area (Å²) >= 11 is 3.44. The molecule has 2 aliphatic rings. The van der Waals surface area contributed by atoms with E-state index in [0.29, 0.717) is 33.7 Å². The number of methoxy groups -OCH3 is 1. The zero-order chi connectivity index (χ0) is 24.7. The van der Waals surface area contributed by atoms with Crippen LogP contribution in [0.4, 0.5) is 0 Å². The Hall–Kier alpha value is -3.58. The summed E-state index contributed by atoms with van der Waals surface area (Å²) in [5.41, 5.74) is -3.05. The second kappa shape index (κ2) is 8.33. The van der Waals surface area contributed by atoms with Crippen molar-refractivity contribution in [2.24, 2.45) is 16.7 Å². The van der Waals surface area contributed by atoms with E-state index in [4.69, 9.17) is 24.4 Å². The highest BCUT2D eigenvalue weighted by Gasteiger charge is 2.80. The molecular formula is C25H21BrN4O4. The minimum Gasteiger partial charge on any atom is -0.497 e. The minimum absolute atomic E-state index is 0.337. The van der Waals surface area contributed by atoms with Crippen LogP contribution in [0.1, 0.15) is 31.1 Å². The molecule has 2 saturated heterocycles. The van der Waals surface area contributed by atoms with Crippen molar-refractivity contribution >= 4 is 21.8 Å². The Morgan fingerprint density at radius 3 is 2.32 bits per heavy atom. The summed E-state index contributed by atoms with van der Waals surface area (Å²) in [5, 5.41) is 40.0. The molecule has 0 aromatic heterocycles. The van der Waals surface area contributed by atoms with Crippen LogP contribution in [0.3, 0.4) is 0 Å². The van der Waals surface area contributed by atoms with Gasteiger partial charge in [0.2, 0.25) is 17.1 Å². The number of benzene rings is 2. The average Bonchev–Trinajstić information content (AvgIpc) is 3.01. The molecule has 4 rings (SSSR count). The Labute approximate surface area is 205 Å².